The molecule has 0 fully saturated rings. The molecule has 1 aromatic heterocycles. The van der Waals surface area contributed by atoms with E-state index in [1.54, 1.807) is 11.4 Å². The van der Waals surface area contributed by atoms with Crippen molar-refractivity contribution in [2.45, 2.75) is 25.3 Å². The number of hydrogen-bond donors (Lipinski definition) is 1. The van der Waals surface area contributed by atoms with Crippen molar-refractivity contribution in [3.8, 4) is 11.2 Å². The molecule has 19 heavy (non-hydrogen) atoms. The average molecular weight is 288 g/mol. The van der Waals surface area contributed by atoms with E-state index in [0.717, 1.165) is 0 Å². The predicted molar refractivity (Wildman–Crippen MR) is 68.5 cm³/mol. The molecule has 0 saturated carbocycles. The average Bonchev–Trinajstić information content (AvgIpc) is 2.27. The van der Waals surface area contributed by atoms with Gasteiger partial charge in [-0.3, -0.25) is 4.79 Å². The first-order valence-electron chi connectivity index (χ1n) is 5.31. The van der Waals surface area contributed by atoms with Crippen molar-refractivity contribution in [3.63, 3.8) is 0 Å². The number of nitrogens with one attached hydrogen (secondary N) is 1. The van der Waals surface area contributed by atoms with E-state index in [-0.39, 0.29) is 5.82 Å². The van der Waals surface area contributed by atoms with Gasteiger partial charge in [-0.1, -0.05) is 31.7 Å². The van der Waals surface area contributed by atoms with Gasteiger partial charge in [-0.25, -0.2) is 4.98 Å². The van der Waals surface area contributed by atoms with E-state index in [1.165, 1.54) is 23.9 Å². The zero-order valence-electron chi connectivity index (χ0n) is 10.2. The highest BCUT2D eigenvalue weighted by Gasteiger charge is 2.38. The summed E-state index contributed by atoms with van der Waals surface area (Å²) in [6.45, 7) is 3.93. The zero-order valence-corrected chi connectivity index (χ0v) is 11.0. The highest BCUT2D eigenvalue weighted by molar-refractivity contribution is 8.04. The van der Waals surface area contributed by atoms with Gasteiger partial charge in [0.05, 0.1) is 0 Å². The quantitative estimate of drug-likeness (QED) is 0.851. The molecule has 7 heteroatoms. The van der Waals surface area contributed by atoms with Gasteiger partial charge in [-0.15, -0.1) is 0 Å². The van der Waals surface area contributed by atoms with E-state index in [0.29, 0.717) is 10.9 Å². The van der Waals surface area contributed by atoms with Crippen LogP contribution in [0.1, 0.15) is 19.5 Å². The van der Waals surface area contributed by atoms with E-state index in [4.69, 9.17) is 0 Å². The second-order valence-electron chi connectivity index (χ2n) is 3.75. The number of alkyl halides is 3. The number of pyridine rings is 1. The molecule has 1 rings (SSSR count). The molecular weight excluding hydrogens is 277 g/mol. The predicted octanol–water partition coefficient (Wildman–Crippen LogP) is 3.03. The van der Waals surface area contributed by atoms with E-state index in [9.17, 15) is 18.0 Å². The summed E-state index contributed by atoms with van der Waals surface area (Å²) in [4.78, 5) is 14.5. The lowest BCUT2D eigenvalue weighted by Gasteiger charge is -2.06. The van der Waals surface area contributed by atoms with Crippen molar-refractivity contribution >= 4 is 23.5 Å². The van der Waals surface area contributed by atoms with Crippen LogP contribution in [0.15, 0.2) is 18.2 Å². The first-order valence-corrected chi connectivity index (χ1v) is 6.19. The molecule has 1 amide bonds. The zero-order chi connectivity index (χ0) is 14.5. The molecule has 0 aliphatic carbocycles. The van der Waals surface area contributed by atoms with Crippen LogP contribution >= 0.6 is 11.8 Å². The number of aromatic nitrogens is 1. The standard InChI is InChI=1S/C12H11F3N2OS/c1-8(2)19-7-6-9-4-3-5-10(16-9)17-11(18)12(13,14)15/h3-5,8H,1-2H3,(H,16,17,18). The maximum absolute atomic E-state index is 12.1. The lowest BCUT2D eigenvalue weighted by Crippen LogP contribution is -2.30. The SMILES string of the molecule is CC(C)SC#Cc1cccc(NC(=O)C(F)(F)F)n1. The van der Waals surface area contributed by atoms with Crippen LogP contribution in [0, 0.1) is 11.2 Å². The number of rotatable bonds is 2. The van der Waals surface area contributed by atoms with Crippen LogP contribution < -0.4 is 5.32 Å². The summed E-state index contributed by atoms with van der Waals surface area (Å²) < 4.78 is 36.2. The van der Waals surface area contributed by atoms with Gasteiger partial charge in [0.2, 0.25) is 0 Å². The summed E-state index contributed by atoms with van der Waals surface area (Å²) in [5.74, 6) is 0.466. The van der Waals surface area contributed by atoms with E-state index in [1.807, 2.05) is 13.8 Å². The van der Waals surface area contributed by atoms with Crippen molar-refractivity contribution in [2.24, 2.45) is 0 Å². The maximum Gasteiger partial charge on any atom is 0.471 e. The number of hydrogen-bond acceptors (Lipinski definition) is 3. The molecule has 0 bridgehead atoms. The lowest BCUT2D eigenvalue weighted by molar-refractivity contribution is -0.167. The Balaban J connectivity index is 2.77. The minimum atomic E-state index is -4.93. The highest BCUT2D eigenvalue weighted by Crippen LogP contribution is 2.17. The van der Waals surface area contributed by atoms with Gasteiger partial charge in [0, 0.05) is 5.25 Å². The van der Waals surface area contributed by atoms with E-state index < -0.39 is 12.1 Å². The number of nitrogens with zero attached hydrogens (tertiary/aromatic N) is 1. The van der Waals surface area contributed by atoms with Crippen LogP contribution in [0.2, 0.25) is 0 Å². The fraction of sp³-hybridized carbons (Fsp3) is 0.333. The largest absolute Gasteiger partial charge is 0.471 e. The van der Waals surface area contributed by atoms with E-state index in [2.05, 4.69) is 16.2 Å². The Morgan fingerprint density at radius 1 is 1.42 bits per heavy atom. The number of carbonyl (C=O) groups excluding carboxylic acids is 1. The van der Waals surface area contributed by atoms with Crippen LogP contribution in [-0.4, -0.2) is 22.3 Å². The minimum absolute atomic E-state index is 0.177. The molecule has 0 unspecified atom stereocenters. The number of carbonyl (C=O) groups is 1. The van der Waals surface area contributed by atoms with Crippen molar-refractivity contribution in [1.29, 1.82) is 0 Å². The fourth-order valence-corrected chi connectivity index (χ4v) is 1.36. The fourth-order valence-electron chi connectivity index (χ4n) is 0.961. The van der Waals surface area contributed by atoms with Gasteiger partial charge >= 0.3 is 12.1 Å². The Morgan fingerprint density at radius 3 is 2.68 bits per heavy atom. The Kier molecular flexibility index (Phi) is 5.24. The Labute approximate surface area is 113 Å². The number of thioether (sulfide) groups is 1. The number of amides is 1. The smallest absolute Gasteiger partial charge is 0.303 e. The molecule has 0 radical (unpaired) electrons. The molecule has 0 spiro atoms. The minimum Gasteiger partial charge on any atom is -0.303 e. The molecule has 102 valence electrons. The molecule has 0 atom stereocenters. The Bertz CT molecular complexity index is 518. The van der Waals surface area contributed by atoms with Gasteiger partial charge < -0.3 is 5.32 Å². The van der Waals surface area contributed by atoms with Crippen molar-refractivity contribution in [1.82, 2.24) is 4.98 Å². The molecule has 3 nitrogen and oxygen atoms in total. The molecule has 1 aromatic rings. The normalized spacial score (nSPS) is 10.8. The monoisotopic (exact) mass is 288 g/mol. The van der Waals surface area contributed by atoms with Crippen LogP contribution in [0.5, 0.6) is 0 Å². The highest BCUT2D eigenvalue weighted by atomic mass is 32.2. The molecule has 0 aliphatic heterocycles. The summed E-state index contributed by atoms with van der Waals surface area (Å²) >= 11 is 1.38. The van der Waals surface area contributed by atoms with Gasteiger partial charge in [0.25, 0.3) is 0 Å². The summed E-state index contributed by atoms with van der Waals surface area (Å²) in [5, 5.41) is 4.77. The number of anilines is 1. The number of halogens is 3. The topological polar surface area (TPSA) is 42.0 Å². The molecule has 1 heterocycles. The van der Waals surface area contributed by atoms with Crippen LogP contribution in [0.3, 0.4) is 0 Å². The molecule has 0 aliphatic rings. The Morgan fingerprint density at radius 2 is 2.11 bits per heavy atom. The van der Waals surface area contributed by atoms with Gasteiger partial charge in [-0.05, 0) is 23.3 Å². The van der Waals surface area contributed by atoms with E-state index >= 15 is 0 Å². The van der Waals surface area contributed by atoms with Gasteiger partial charge in [0.15, 0.2) is 0 Å². The van der Waals surface area contributed by atoms with Crippen LogP contribution in [0.4, 0.5) is 19.0 Å². The summed E-state index contributed by atoms with van der Waals surface area (Å²) in [5.41, 5.74) is 0.299. The third-order valence-electron chi connectivity index (χ3n) is 1.72. The summed E-state index contributed by atoms with van der Waals surface area (Å²) in [6, 6.07) is 4.30. The first-order chi connectivity index (χ1) is 8.79. The molecular formula is C12H11F3N2OS. The second-order valence-corrected chi connectivity index (χ2v) is 5.14. The van der Waals surface area contributed by atoms with Gasteiger partial charge in [-0.2, -0.15) is 13.2 Å². The van der Waals surface area contributed by atoms with Crippen LogP contribution in [0.25, 0.3) is 0 Å². The molecule has 1 N–H and O–H groups in total. The van der Waals surface area contributed by atoms with Crippen molar-refractivity contribution in [2.75, 3.05) is 5.32 Å². The summed E-state index contributed by atoms with van der Waals surface area (Å²) in [6.07, 6.45) is -4.93. The first kappa shape index (κ1) is 15.4. The van der Waals surface area contributed by atoms with Crippen molar-refractivity contribution in [3.05, 3.63) is 23.9 Å². The third-order valence-corrected chi connectivity index (χ3v) is 2.41. The summed E-state index contributed by atoms with van der Waals surface area (Å²) in [7, 11) is 0. The lowest BCUT2D eigenvalue weighted by atomic mass is 10.3. The Hall–Kier alpha value is -1.68. The van der Waals surface area contributed by atoms with Crippen molar-refractivity contribution < 1.29 is 18.0 Å². The second kappa shape index (κ2) is 6.48. The third kappa shape index (κ3) is 5.66. The van der Waals surface area contributed by atoms with Crippen LogP contribution in [-0.2, 0) is 4.79 Å². The molecule has 0 aromatic carbocycles. The van der Waals surface area contributed by atoms with Gasteiger partial charge in [0.1, 0.15) is 11.5 Å². The molecule has 0 saturated heterocycles. The maximum atomic E-state index is 12.1.